The topological polar surface area (TPSA) is 58.4 Å². The number of halogens is 1. The first-order valence-electron chi connectivity index (χ1n) is 8.37. The van der Waals surface area contributed by atoms with Gasteiger partial charge in [-0.25, -0.2) is 0 Å². The summed E-state index contributed by atoms with van der Waals surface area (Å²) >= 11 is 0. The molecule has 0 aromatic heterocycles. The number of aryl methyl sites for hydroxylation is 2. The van der Waals surface area contributed by atoms with Gasteiger partial charge in [0.1, 0.15) is 0 Å². The summed E-state index contributed by atoms with van der Waals surface area (Å²) in [6.07, 6.45) is 4.08. The number of nitrogens with two attached hydrogens (primary N) is 1. The first-order chi connectivity index (χ1) is 10.6. The molecule has 2 rings (SSSR count). The minimum absolute atomic E-state index is 0. The van der Waals surface area contributed by atoms with E-state index in [1.807, 2.05) is 0 Å². The molecule has 0 aliphatic carbocycles. The summed E-state index contributed by atoms with van der Waals surface area (Å²) in [4.78, 5) is 14.2. The Morgan fingerprint density at radius 1 is 1.35 bits per heavy atom. The highest BCUT2D eigenvalue weighted by Gasteiger charge is 2.23. The standard InChI is InChI=1S/C18H29N3O.ClH/c1-14-6-7-16(15(2)11-14)13-21-10-4-3-5-17(21)12-20-18(22)8-9-19;/h6-7,11,17H,3-5,8-10,12-13,19H2,1-2H3,(H,20,22);1H. The Kier molecular flexibility index (Phi) is 8.59. The number of hydrogen-bond acceptors (Lipinski definition) is 3. The molecule has 130 valence electrons. The highest BCUT2D eigenvalue weighted by molar-refractivity contribution is 5.85. The monoisotopic (exact) mass is 339 g/mol. The summed E-state index contributed by atoms with van der Waals surface area (Å²) in [5.41, 5.74) is 9.49. The fourth-order valence-electron chi connectivity index (χ4n) is 3.19. The second-order valence-electron chi connectivity index (χ2n) is 6.39. The predicted molar refractivity (Wildman–Crippen MR) is 97.9 cm³/mol. The summed E-state index contributed by atoms with van der Waals surface area (Å²) in [5, 5.41) is 3.03. The molecule has 0 saturated carbocycles. The van der Waals surface area contributed by atoms with Gasteiger partial charge in [0.15, 0.2) is 0 Å². The second-order valence-corrected chi connectivity index (χ2v) is 6.39. The lowest BCUT2D eigenvalue weighted by Crippen LogP contribution is -2.46. The molecule has 1 aliphatic rings. The highest BCUT2D eigenvalue weighted by atomic mass is 35.5. The average Bonchev–Trinajstić information content (AvgIpc) is 2.49. The maximum Gasteiger partial charge on any atom is 0.221 e. The summed E-state index contributed by atoms with van der Waals surface area (Å²) in [6.45, 7) is 7.57. The summed E-state index contributed by atoms with van der Waals surface area (Å²) in [6, 6.07) is 7.11. The fourth-order valence-corrected chi connectivity index (χ4v) is 3.19. The maximum atomic E-state index is 11.6. The minimum Gasteiger partial charge on any atom is -0.354 e. The number of carbonyl (C=O) groups is 1. The van der Waals surface area contributed by atoms with Crippen molar-refractivity contribution in [2.75, 3.05) is 19.6 Å². The zero-order valence-corrected chi connectivity index (χ0v) is 15.1. The molecule has 1 amide bonds. The van der Waals surface area contributed by atoms with Crippen molar-refractivity contribution in [3.63, 3.8) is 0 Å². The Labute approximate surface area is 146 Å². The highest BCUT2D eigenvalue weighted by Crippen LogP contribution is 2.21. The van der Waals surface area contributed by atoms with Gasteiger partial charge in [0.05, 0.1) is 0 Å². The van der Waals surface area contributed by atoms with E-state index in [4.69, 9.17) is 5.73 Å². The minimum atomic E-state index is 0. The largest absolute Gasteiger partial charge is 0.354 e. The van der Waals surface area contributed by atoms with Crippen LogP contribution in [0.1, 0.15) is 42.4 Å². The third-order valence-corrected chi connectivity index (χ3v) is 4.53. The van der Waals surface area contributed by atoms with Crippen LogP contribution in [0.2, 0.25) is 0 Å². The van der Waals surface area contributed by atoms with Crippen LogP contribution in [-0.4, -0.2) is 36.5 Å². The summed E-state index contributed by atoms with van der Waals surface area (Å²) < 4.78 is 0. The van der Waals surface area contributed by atoms with Crippen LogP contribution in [0.25, 0.3) is 0 Å². The fraction of sp³-hybridized carbons (Fsp3) is 0.611. The lowest BCUT2D eigenvalue weighted by molar-refractivity contribution is -0.121. The Balaban J connectivity index is 0.00000264. The van der Waals surface area contributed by atoms with Gasteiger partial charge in [0.25, 0.3) is 0 Å². The molecule has 3 N–H and O–H groups in total. The van der Waals surface area contributed by atoms with Crippen molar-refractivity contribution in [2.24, 2.45) is 5.73 Å². The van der Waals surface area contributed by atoms with E-state index < -0.39 is 0 Å². The third kappa shape index (κ3) is 6.13. The van der Waals surface area contributed by atoms with Crippen molar-refractivity contribution in [2.45, 2.75) is 52.1 Å². The van der Waals surface area contributed by atoms with E-state index in [1.165, 1.54) is 29.5 Å². The molecule has 0 bridgehead atoms. The lowest BCUT2D eigenvalue weighted by Gasteiger charge is -2.36. The van der Waals surface area contributed by atoms with Gasteiger partial charge >= 0.3 is 0 Å². The van der Waals surface area contributed by atoms with Gasteiger partial charge in [-0.1, -0.05) is 30.2 Å². The molecular weight excluding hydrogens is 310 g/mol. The Morgan fingerprint density at radius 2 is 2.13 bits per heavy atom. The molecule has 0 radical (unpaired) electrons. The first-order valence-corrected chi connectivity index (χ1v) is 8.37. The Morgan fingerprint density at radius 3 is 2.83 bits per heavy atom. The number of amides is 1. The molecule has 5 heteroatoms. The van der Waals surface area contributed by atoms with Crippen molar-refractivity contribution in [1.82, 2.24) is 10.2 Å². The van der Waals surface area contributed by atoms with Crippen molar-refractivity contribution in [3.8, 4) is 0 Å². The second kappa shape index (κ2) is 9.91. The molecular formula is C18H30ClN3O. The zero-order valence-electron chi connectivity index (χ0n) is 14.3. The smallest absolute Gasteiger partial charge is 0.221 e. The molecule has 1 atom stereocenters. The molecule has 4 nitrogen and oxygen atoms in total. The predicted octanol–water partition coefficient (Wildman–Crippen LogP) is 2.54. The van der Waals surface area contributed by atoms with Crippen molar-refractivity contribution in [3.05, 3.63) is 34.9 Å². The SMILES string of the molecule is Cc1ccc(CN2CCCCC2CNC(=O)CCN)c(C)c1.Cl. The molecule has 1 aliphatic heterocycles. The average molecular weight is 340 g/mol. The number of benzene rings is 1. The van der Waals surface area contributed by atoms with Crippen molar-refractivity contribution < 1.29 is 4.79 Å². The number of nitrogens with one attached hydrogen (secondary N) is 1. The van der Waals surface area contributed by atoms with Crippen LogP contribution < -0.4 is 11.1 Å². The van der Waals surface area contributed by atoms with Crippen LogP contribution in [-0.2, 0) is 11.3 Å². The number of nitrogens with zero attached hydrogens (tertiary/aromatic N) is 1. The normalized spacial score (nSPS) is 18.3. The van der Waals surface area contributed by atoms with E-state index in [9.17, 15) is 4.79 Å². The van der Waals surface area contributed by atoms with E-state index in [-0.39, 0.29) is 18.3 Å². The Hall–Kier alpha value is -1.10. The van der Waals surface area contributed by atoms with Gasteiger partial charge in [-0.2, -0.15) is 0 Å². The van der Waals surface area contributed by atoms with Gasteiger partial charge in [0.2, 0.25) is 5.91 Å². The quantitative estimate of drug-likeness (QED) is 0.837. The number of piperidine rings is 1. The molecule has 23 heavy (non-hydrogen) atoms. The number of likely N-dealkylation sites (tertiary alicyclic amines) is 1. The summed E-state index contributed by atoms with van der Waals surface area (Å²) in [5.74, 6) is 0.0690. The number of carbonyl (C=O) groups excluding carboxylic acids is 1. The van der Waals surface area contributed by atoms with Crippen LogP contribution in [0.15, 0.2) is 18.2 Å². The van der Waals surface area contributed by atoms with Crippen LogP contribution >= 0.6 is 12.4 Å². The Bertz CT molecular complexity index is 507. The zero-order chi connectivity index (χ0) is 15.9. The van der Waals surface area contributed by atoms with E-state index in [0.29, 0.717) is 19.0 Å². The molecule has 0 spiro atoms. The van der Waals surface area contributed by atoms with Crippen LogP contribution in [0.5, 0.6) is 0 Å². The van der Waals surface area contributed by atoms with Crippen LogP contribution in [0.3, 0.4) is 0 Å². The van der Waals surface area contributed by atoms with Crippen LogP contribution in [0, 0.1) is 13.8 Å². The van der Waals surface area contributed by atoms with Crippen LogP contribution in [0.4, 0.5) is 0 Å². The van der Waals surface area contributed by atoms with Gasteiger partial charge < -0.3 is 11.1 Å². The number of rotatable bonds is 6. The maximum absolute atomic E-state index is 11.6. The van der Waals surface area contributed by atoms with E-state index in [1.54, 1.807) is 0 Å². The van der Waals surface area contributed by atoms with Crippen molar-refractivity contribution >= 4 is 18.3 Å². The van der Waals surface area contributed by atoms with Gasteiger partial charge in [-0.05, 0) is 44.4 Å². The third-order valence-electron chi connectivity index (χ3n) is 4.53. The molecule has 1 fully saturated rings. The molecule has 1 saturated heterocycles. The van der Waals surface area contributed by atoms with Crippen molar-refractivity contribution in [1.29, 1.82) is 0 Å². The van der Waals surface area contributed by atoms with E-state index in [2.05, 4.69) is 42.3 Å². The van der Waals surface area contributed by atoms with E-state index >= 15 is 0 Å². The molecule has 1 unspecified atom stereocenters. The summed E-state index contributed by atoms with van der Waals surface area (Å²) in [7, 11) is 0. The first kappa shape index (κ1) is 19.9. The molecule has 1 heterocycles. The number of hydrogen-bond donors (Lipinski definition) is 2. The van der Waals surface area contributed by atoms with Gasteiger partial charge in [0, 0.05) is 32.1 Å². The lowest BCUT2D eigenvalue weighted by atomic mass is 9.99. The molecule has 1 aromatic carbocycles. The van der Waals surface area contributed by atoms with E-state index in [0.717, 1.165) is 26.1 Å². The molecule has 1 aromatic rings. The van der Waals surface area contributed by atoms with Gasteiger partial charge in [-0.3, -0.25) is 9.69 Å². The van der Waals surface area contributed by atoms with Gasteiger partial charge in [-0.15, -0.1) is 12.4 Å².